The van der Waals surface area contributed by atoms with Crippen molar-refractivity contribution in [1.29, 1.82) is 0 Å². The van der Waals surface area contributed by atoms with Crippen molar-refractivity contribution in [2.75, 3.05) is 6.61 Å². The van der Waals surface area contributed by atoms with Crippen LogP contribution >= 0.6 is 0 Å². The Hall–Kier alpha value is -0.790. The van der Waals surface area contributed by atoms with Crippen LogP contribution in [0, 0.1) is 0 Å². The fraction of sp³-hybridized carbons (Fsp3) is 0.824. The molecule has 0 bridgehead atoms. The molecule has 0 saturated heterocycles. The zero-order valence-corrected chi connectivity index (χ0v) is 13.2. The van der Waals surface area contributed by atoms with Gasteiger partial charge in [-0.1, -0.05) is 70.8 Å². The van der Waals surface area contributed by atoms with Gasteiger partial charge in [0.05, 0.1) is 6.61 Å². The van der Waals surface area contributed by atoms with Crippen LogP contribution in [0.25, 0.3) is 0 Å². The van der Waals surface area contributed by atoms with Gasteiger partial charge < -0.3 is 4.74 Å². The highest BCUT2D eigenvalue weighted by atomic mass is 16.5. The van der Waals surface area contributed by atoms with Crippen LogP contribution < -0.4 is 0 Å². The maximum Gasteiger partial charge on any atom is 0.333 e. The zero-order chi connectivity index (χ0) is 14.3. The van der Waals surface area contributed by atoms with Crippen molar-refractivity contribution < 1.29 is 9.53 Å². The first kappa shape index (κ1) is 18.2. The third-order valence-corrected chi connectivity index (χ3v) is 3.49. The Bertz CT molecular complexity index is 244. The second kappa shape index (κ2) is 13.6. The van der Waals surface area contributed by atoms with Crippen LogP contribution in [0.15, 0.2) is 11.6 Å². The predicted molar refractivity (Wildman–Crippen MR) is 82.2 cm³/mol. The zero-order valence-electron chi connectivity index (χ0n) is 13.2. The summed E-state index contributed by atoms with van der Waals surface area (Å²) in [5.74, 6) is -0.168. The van der Waals surface area contributed by atoms with E-state index in [0.717, 1.165) is 6.42 Å². The molecule has 0 fully saturated rings. The van der Waals surface area contributed by atoms with Crippen molar-refractivity contribution in [3.63, 3.8) is 0 Å². The Kier molecular flexibility index (Phi) is 13.1. The summed E-state index contributed by atoms with van der Waals surface area (Å²) in [6.45, 7) is 6.48. The SMILES string of the molecule is C/C=C(\C)C(=O)OCCCCCCCCCCCC. The summed E-state index contributed by atoms with van der Waals surface area (Å²) in [5, 5.41) is 0. The number of allylic oxidation sites excluding steroid dienone is 1. The smallest absolute Gasteiger partial charge is 0.333 e. The Balaban J connectivity index is 3.17. The summed E-state index contributed by atoms with van der Waals surface area (Å²) >= 11 is 0. The molecule has 0 aliphatic rings. The number of rotatable bonds is 12. The fourth-order valence-corrected chi connectivity index (χ4v) is 1.99. The lowest BCUT2D eigenvalue weighted by Gasteiger charge is -2.05. The summed E-state index contributed by atoms with van der Waals surface area (Å²) in [7, 11) is 0. The van der Waals surface area contributed by atoms with E-state index in [1.807, 2.05) is 6.92 Å². The highest BCUT2D eigenvalue weighted by Gasteiger charge is 2.03. The van der Waals surface area contributed by atoms with Crippen LogP contribution in [0.2, 0.25) is 0 Å². The van der Waals surface area contributed by atoms with Crippen LogP contribution in [-0.4, -0.2) is 12.6 Å². The van der Waals surface area contributed by atoms with E-state index >= 15 is 0 Å². The monoisotopic (exact) mass is 268 g/mol. The molecule has 19 heavy (non-hydrogen) atoms. The highest BCUT2D eigenvalue weighted by molar-refractivity contribution is 5.87. The first-order valence-corrected chi connectivity index (χ1v) is 8.02. The van der Waals surface area contributed by atoms with E-state index in [-0.39, 0.29) is 5.97 Å². The number of ether oxygens (including phenoxy) is 1. The molecule has 0 aromatic rings. The molecular formula is C17H32O2. The Morgan fingerprint density at radius 2 is 1.37 bits per heavy atom. The van der Waals surface area contributed by atoms with Crippen LogP contribution in [0.3, 0.4) is 0 Å². The average Bonchev–Trinajstić information content (AvgIpc) is 2.43. The number of unbranched alkanes of at least 4 members (excludes halogenated alkanes) is 9. The molecule has 0 N–H and O–H groups in total. The Labute approximate surface area is 119 Å². The molecule has 0 amide bonds. The van der Waals surface area contributed by atoms with Crippen LogP contribution in [-0.2, 0) is 9.53 Å². The Morgan fingerprint density at radius 1 is 0.895 bits per heavy atom. The van der Waals surface area contributed by atoms with E-state index in [9.17, 15) is 4.79 Å². The quantitative estimate of drug-likeness (QED) is 0.268. The summed E-state index contributed by atoms with van der Waals surface area (Å²) in [6.07, 6.45) is 14.8. The van der Waals surface area contributed by atoms with Gasteiger partial charge >= 0.3 is 5.97 Å². The molecule has 112 valence electrons. The van der Waals surface area contributed by atoms with Crippen LogP contribution in [0.1, 0.15) is 85.0 Å². The normalized spacial score (nSPS) is 11.6. The van der Waals surface area contributed by atoms with Gasteiger partial charge in [0.25, 0.3) is 0 Å². The number of carbonyl (C=O) groups is 1. The third kappa shape index (κ3) is 12.0. The molecule has 0 spiro atoms. The van der Waals surface area contributed by atoms with Gasteiger partial charge in [0, 0.05) is 5.57 Å². The van der Waals surface area contributed by atoms with Crippen molar-refractivity contribution in [3.05, 3.63) is 11.6 Å². The van der Waals surface area contributed by atoms with Gasteiger partial charge in [-0.3, -0.25) is 0 Å². The van der Waals surface area contributed by atoms with Crippen molar-refractivity contribution in [2.24, 2.45) is 0 Å². The molecule has 0 aliphatic carbocycles. The predicted octanol–water partition coefficient (Wildman–Crippen LogP) is 5.42. The van der Waals surface area contributed by atoms with Gasteiger partial charge in [0.2, 0.25) is 0 Å². The molecule has 0 unspecified atom stereocenters. The van der Waals surface area contributed by atoms with Crippen molar-refractivity contribution in [3.8, 4) is 0 Å². The molecular weight excluding hydrogens is 236 g/mol. The second-order valence-electron chi connectivity index (χ2n) is 5.29. The Morgan fingerprint density at radius 3 is 1.84 bits per heavy atom. The number of hydrogen-bond donors (Lipinski definition) is 0. The molecule has 0 saturated carbocycles. The molecule has 0 radical (unpaired) electrons. The van der Waals surface area contributed by atoms with E-state index in [1.54, 1.807) is 13.0 Å². The first-order valence-electron chi connectivity index (χ1n) is 8.02. The maximum absolute atomic E-state index is 11.3. The minimum Gasteiger partial charge on any atom is -0.462 e. The maximum atomic E-state index is 11.3. The van der Waals surface area contributed by atoms with Crippen molar-refractivity contribution in [1.82, 2.24) is 0 Å². The van der Waals surface area contributed by atoms with Gasteiger partial charge in [0.1, 0.15) is 0 Å². The van der Waals surface area contributed by atoms with E-state index in [4.69, 9.17) is 4.74 Å². The lowest BCUT2D eigenvalue weighted by molar-refractivity contribution is -0.139. The second-order valence-corrected chi connectivity index (χ2v) is 5.29. The van der Waals surface area contributed by atoms with Crippen molar-refractivity contribution in [2.45, 2.75) is 85.0 Å². The van der Waals surface area contributed by atoms with E-state index < -0.39 is 0 Å². The molecule has 0 rings (SSSR count). The van der Waals surface area contributed by atoms with E-state index in [0.29, 0.717) is 12.2 Å². The van der Waals surface area contributed by atoms with Crippen LogP contribution in [0.5, 0.6) is 0 Å². The lowest BCUT2D eigenvalue weighted by Crippen LogP contribution is -2.06. The number of carbonyl (C=O) groups excluding carboxylic acids is 1. The highest BCUT2D eigenvalue weighted by Crippen LogP contribution is 2.10. The summed E-state index contributed by atoms with van der Waals surface area (Å²) in [4.78, 5) is 11.3. The van der Waals surface area contributed by atoms with Gasteiger partial charge in [-0.15, -0.1) is 0 Å². The van der Waals surface area contributed by atoms with E-state index in [2.05, 4.69) is 6.92 Å². The molecule has 0 atom stereocenters. The summed E-state index contributed by atoms with van der Waals surface area (Å²) < 4.78 is 5.16. The first-order chi connectivity index (χ1) is 9.22. The van der Waals surface area contributed by atoms with Gasteiger partial charge in [0.15, 0.2) is 0 Å². The molecule has 2 nitrogen and oxygen atoms in total. The van der Waals surface area contributed by atoms with Gasteiger partial charge in [-0.25, -0.2) is 4.79 Å². The average molecular weight is 268 g/mol. The number of esters is 1. The standard InChI is InChI=1S/C17H32O2/c1-4-6-7-8-9-10-11-12-13-14-15-19-17(18)16(3)5-2/h5H,4,6-15H2,1-3H3/b16-5+. The molecule has 2 heteroatoms. The van der Waals surface area contributed by atoms with Gasteiger partial charge in [-0.05, 0) is 20.3 Å². The molecule has 0 aliphatic heterocycles. The van der Waals surface area contributed by atoms with E-state index in [1.165, 1.54) is 57.8 Å². The molecule has 0 aromatic carbocycles. The van der Waals surface area contributed by atoms with Crippen molar-refractivity contribution >= 4 is 5.97 Å². The third-order valence-electron chi connectivity index (χ3n) is 3.49. The topological polar surface area (TPSA) is 26.3 Å². The van der Waals surface area contributed by atoms with Gasteiger partial charge in [-0.2, -0.15) is 0 Å². The molecule has 0 heterocycles. The minimum absolute atomic E-state index is 0.168. The fourth-order valence-electron chi connectivity index (χ4n) is 1.99. The van der Waals surface area contributed by atoms with Crippen LogP contribution in [0.4, 0.5) is 0 Å². The summed E-state index contributed by atoms with van der Waals surface area (Å²) in [6, 6.07) is 0. The minimum atomic E-state index is -0.168. The lowest BCUT2D eigenvalue weighted by atomic mass is 10.1. The largest absolute Gasteiger partial charge is 0.462 e. The number of hydrogen-bond acceptors (Lipinski definition) is 2. The summed E-state index contributed by atoms with van der Waals surface area (Å²) in [5.41, 5.74) is 0.701. The molecule has 0 aromatic heterocycles.